The number of fused-ring (bicyclic) bond motifs is 1. The van der Waals surface area contributed by atoms with E-state index in [1.807, 2.05) is 11.5 Å². The average molecular weight is 218 g/mol. The topological polar surface area (TPSA) is 51.1 Å². The van der Waals surface area contributed by atoms with Gasteiger partial charge in [-0.25, -0.2) is 0 Å². The van der Waals surface area contributed by atoms with Crippen LogP contribution in [0.1, 0.15) is 32.1 Å². The first-order valence-electron chi connectivity index (χ1n) is 5.22. The van der Waals surface area contributed by atoms with E-state index in [0.29, 0.717) is 17.8 Å². The molecule has 0 saturated heterocycles. The molecule has 0 aromatic carbocycles. The van der Waals surface area contributed by atoms with Crippen LogP contribution in [-0.4, -0.2) is 22.8 Å². The lowest BCUT2D eigenvalue weighted by Crippen LogP contribution is -2.35. The Morgan fingerprint density at radius 1 is 1.50 bits per heavy atom. The molecule has 2 rings (SSSR count). The summed E-state index contributed by atoms with van der Waals surface area (Å²) in [5.74, 6) is -0.223. The van der Waals surface area contributed by atoms with E-state index >= 15 is 0 Å². The summed E-state index contributed by atoms with van der Waals surface area (Å²) in [4.78, 5) is 23.4. The smallest absolute Gasteiger partial charge is 0.268 e. The molecule has 0 saturated carbocycles. The maximum Gasteiger partial charge on any atom is 0.268 e. The Bertz CT molecular complexity index is 498. The van der Waals surface area contributed by atoms with E-state index < -0.39 is 0 Å². The van der Waals surface area contributed by atoms with E-state index in [4.69, 9.17) is 0 Å². The predicted octanol–water partition coefficient (Wildman–Crippen LogP) is 1.22. The summed E-state index contributed by atoms with van der Waals surface area (Å²) in [6.45, 7) is 8.49. The number of amides is 1. The van der Waals surface area contributed by atoms with Crippen LogP contribution in [-0.2, 0) is 6.54 Å². The minimum atomic E-state index is -0.121. The van der Waals surface area contributed by atoms with Crippen LogP contribution in [0.25, 0.3) is 0 Å². The average Bonchev–Trinajstić information content (AvgIpc) is 2.52. The van der Waals surface area contributed by atoms with Crippen molar-refractivity contribution >= 4 is 11.7 Å². The maximum absolute atomic E-state index is 11.7. The Morgan fingerprint density at radius 3 is 2.75 bits per heavy atom. The molecule has 1 amide bonds. The normalized spacial score (nSPS) is 14.2. The van der Waals surface area contributed by atoms with Gasteiger partial charge >= 0.3 is 0 Å². The van der Waals surface area contributed by atoms with Gasteiger partial charge in [0.2, 0.25) is 0 Å². The van der Waals surface area contributed by atoms with Crippen LogP contribution in [0.3, 0.4) is 0 Å². The second-order valence-corrected chi connectivity index (χ2v) is 3.91. The van der Waals surface area contributed by atoms with Gasteiger partial charge in [-0.2, -0.15) is 0 Å². The molecular formula is C12H14N2O2. The van der Waals surface area contributed by atoms with Crippen molar-refractivity contribution in [3.05, 3.63) is 35.2 Å². The molecule has 1 aromatic heterocycles. The number of carbonyl (C=O) groups excluding carboxylic acids is 2. The fourth-order valence-electron chi connectivity index (χ4n) is 2.30. The number of nitrogens with zero attached hydrogens (tertiary/aromatic N) is 1. The van der Waals surface area contributed by atoms with Crippen LogP contribution in [0.2, 0.25) is 0 Å². The number of hydrogen-bond donors (Lipinski definition) is 1. The Morgan fingerprint density at radius 2 is 2.19 bits per heavy atom. The van der Waals surface area contributed by atoms with Gasteiger partial charge in [0.25, 0.3) is 5.91 Å². The van der Waals surface area contributed by atoms with Crippen molar-refractivity contribution in [2.45, 2.75) is 20.4 Å². The molecule has 1 aliphatic rings. The van der Waals surface area contributed by atoms with Crippen molar-refractivity contribution in [2.24, 2.45) is 0 Å². The zero-order valence-electron chi connectivity index (χ0n) is 9.46. The summed E-state index contributed by atoms with van der Waals surface area (Å²) in [7, 11) is 0. The SMILES string of the molecule is C=CC(=O)c1c(C)c2n(c1C)CCNC2=O. The van der Waals surface area contributed by atoms with Crippen LogP contribution in [0.5, 0.6) is 0 Å². The van der Waals surface area contributed by atoms with E-state index in [1.165, 1.54) is 6.08 Å². The van der Waals surface area contributed by atoms with Crippen molar-refractivity contribution in [1.82, 2.24) is 9.88 Å². The van der Waals surface area contributed by atoms with Crippen molar-refractivity contribution in [3.63, 3.8) is 0 Å². The number of nitrogens with one attached hydrogen (secondary N) is 1. The highest BCUT2D eigenvalue weighted by atomic mass is 16.2. The van der Waals surface area contributed by atoms with Crippen LogP contribution in [0, 0.1) is 13.8 Å². The van der Waals surface area contributed by atoms with Gasteiger partial charge in [0, 0.05) is 24.3 Å². The third-order valence-corrected chi connectivity index (χ3v) is 3.03. The molecule has 0 radical (unpaired) electrons. The molecule has 84 valence electrons. The summed E-state index contributed by atoms with van der Waals surface area (Å²) < 4.78 is 1.91. The fraction of sp³-hybridized carbons (Fsp3) is 0.333. The van der Waals surface area contributed by atoms with E-state index in [0.717, 1.165) is 17.8 Å². The first kappa shape index (κ1) is 10.7. The molecular weight excluding hydrogens is 204 g/mol. The fourth-order valence-corrected chi connectivity index (χ4v) is 2.30. The highest BCUT2D eigenvalue weighted by Gasteiger charge is 2.27. The largest absolute Gasteiger partial charge is 0.349 e. The second kappa shape index (κ2) is 3.63. The molecule has 16 heavy (non-hydrogen) atoms. The molecule has 1 aromatic rings. The van der Waals surface area contributed by atoms with Crippen LogP contribution < -0.4 is 5.32 Å². The Hall–Kier alpha value is -1.84. The predicted molar refractivity (Wildman–Crippen MR) is 60.8 cm³/mol. The van der Waals surface area contributed by atoms with Crippen LogP contribution >= 0.6 is 0 Å². The minimum Gasteiger partial charge on any atom is -0.349 e. The molecule has 4 heteroatoms. The van der Waals surface area contributed by atoms with Gasteiger partial charge in [0.1, 0.15) is 5.69 Å². The number of rotatable bonds is 2. The quantitative estimate of drug-likeness (QED) is 0.599. The molecule has 0 atom stereocenters. The zero-order valence-corrected chi connectivity index (χ0v) is 9.46. The van der Waals surface area contributed by atoms with Crippen molar-refractivity contribution in [1.29, 1.82) is 0 Å². The molecule has 4 nitrogen and oxygen atoms in total. The maximum atomic E-state index is 11.7. The van der Waals surface area contributed by atoms with Gasteiger partial charge in [0.05, 0.1) is 0 Å². The first-order valence-corrected chi connectivity index (χ1v) is 5.22. The van der Waals surface area contributed by atoms with Crippen molar-refractivity contribution < 1.29 is 9.59 Å². The summed E-state index contributed by atoms with van der Waals surface area (Å²) in [5.41, 5.74) is 2.82. The van der Waals surface area contributed by atoms with E-state index in [2.05, 4.69) is 11.9 Å². The van der Waals surface area contributed by atoms with Gasteiger partial charge in [-0.1, -0.05) is 6.58 Å². The lowest BCUT2D eigenvalue weighted by Gasteiger charge is -2.17. The lowest BCUT2D eigenvalue weighted by atomic mass is 10.1. The Kier molecular flexibility index (Phi) is 2.42. The van der Waals surface area contributed by atoms with Gasteiger partial charge in [-0.05, 0) is 25.5 Å². The third kappa shape index (κ3) is 1.30. The standard InChI is InChI=1S/C12H14N2O2/c1-4-9(15)10-7(2)11-12(16)13-5-6-14(11)8(10)3/h4H,1,5-6H2,2-3H3,(H,13,16). The van der Waals surface area contributed by atoms with Gasteiger partial charge in [-0.15, -0.1) is 0 Å². The summed E-state index contributed by atoms with van der Waals surface area (Å²) in [5, 5.41) is 2.78. The summed E-state index contributed by atoms with van der Waals surface area (Å²) >= 11 is 0. The molecule has 2 heterocycles. The number of aromatic nitrogens is 1. The van der Waals surface area contributed by atoms with Gasteiger partial charge in [0.15, 0.2) is 5.78 Å². The van der Waals surface area contributed by atoms with Crippen molar-refractivity contribution in [3.8, 4) is 0 Å². The summed E-state index contributed by atoms with van der Waals surface area (Å²) in [6.07, 6.45) is 1.29. The van der Waals surface area contributed by atoms with E-state index in [9.17, 15) is 9.59 Å². The second-order valence-electron chi connectivity index (χ2n) is 3.91. The van der Waals surface area contributed by atoms with Gasteiger partial charge < -0.3 is 9.88 Å². The molecule has 0 unspecified atom stereocenters. The molecule has 1 aliphatic heterocycles. The van der Waals surface area contributed by atoms with Crippen LogP contribution in [0.4, 0.5) is 0 Å². The number of carbonyl (C=O) groups is 2. The van der Waals surface area contributed by atoms with E-state index in [-0.39, 0.29) is 11.7 Å². The van der Waals surface area contributed by atoms with Crippen LogP contribution in [0.15, 0.2) is 12.7 Å². The minimum absolute atomic E-state index is 0.102. The highest BCUT2D eigenvalue weighted by molar-refractivity contribution is 6.09. The van der Waals surface area contributed by atoms with Crippen molar-refractivity contribution in [2.75, 3.05) is 6.54 Å². The molecule has 1 N–H and O–H groups in total. The molecule has 0 bridgehead atoms. The number of ketones is 1. The molecule has 0 fully saturated rings. The number of allylic oxidation sites excluding steroid dienone is 1. The zero-order chi connectivity index (χ0) is 11.9. The Balaban J connectivity index is 2.70. The van der Waals surface area contributed by atoms with E-state index in [1.54, 1.807) is 6.92 Å². The van der Waals surface area contributed by atoms with Gasteiger partial charge in [-0.3, -0.25) is 9.59 Å². The Labute approximate surface area is 93.9 Å². The lowest BCUT2D eigenvalue weighted by molar-refractivity contribution is 0.0926. The molecule has 0 aliphatic carbocycles. The summed E-state index contributed by atoms with van der Waals surface area (Å²) in [6, 6.07) is 0. The number of hydrogen-bond acceptors (Lipinski definition) is 2. The monoisotopic (exact) mass is 218 g/mol. The molecule has 0 spiro atoms. The third-order valence-electron chi connectivity index (χ3n) is 3.03. The highest BCUT2D eigenvalue weighted by Crippen LogP contribution is 2.24. The first-order chi connectivity index (χ1) is 7.57.